The molecule has 0 aliphatic rings. The highest BCUT2D eigenvalue weighted by Gasteiger charge is 2.25. The maximum absolute atomic E-state index is 12.6. The van der Waals surface area contributed by atoms with E-state index in [9.17, 15) is 9.59 Å². The Morgan fingerprint density at radius 3 is 2.22 bits per heavy atom. The molecule has 1 amide bonds. The van der Waals surface area contributed by atoms with Crippen LogP contribution in [0.15, 0.2) is 60.7 Å². The lowest BCUT2D eigenvalue weighted by Crippen LogP contribution is -2.40. The van der Waals surface area contributed by atoms with Crippen molar-refractivity contribution < 1.29 is 14.3 Å². The van der Waals surface area contributed by atoms with E-state index in [-0.39, 0.29) is 18.4 Å². The highest BCUT2D eigenvalue weighted by molar-refractivity contribution is 5.80. The summed E-state index contributed by atoms with van der Waals surface area (Å²) in [7, 11) is 0. The molecule has 3 N–H and O–H groups in total. The second-order valence-electron chi connectivity index (χ2n) is 6.61. The van der Waals surface area contributed by atoms with Crippen LogP contribution >= 0.6 is 0 Å². The molecule has 2 rings (SSSR count). The van der Waals surface area contributed by atoms with Gasteiger partial charge in [-0.15, -0.1) is 0 Å². The lowest BCUT2D eigenvalue weighted by atomic mass is 9.94. The third-order valence-corrected chi connectivity index (χ3v) is 4.60. The number of esters is 1. The fourth-order valence-electron chi connectivity index (χ4n) is 2.91. The zero-order valence-corrected chi connectivity index (χ0v) is 15.9. The van der Waals surface area contributed by atoms with Crippen molar-refractivity contribution in [3.05, 3.63) is 71.8 Å². The predicted molar refractivity (Wildman–Crippen MR) is 106 cm³/mol. The van der Waals surface area contributed by atoms with E-state index in [1.807, 2.05) is 60.7 Å². The first kappa shape index (κ1) is 20.6. The van der Waals surface area contributed by atoms with Gasteiger partial charge in [0.1, 0.15) is 0 Å². The topological polar surface area (TPSA) is 81.4 Å². The minimum absolute atomic E-state index is 0.172. The Hall–Kier alpha value is -2.66. The molecule has 0 bridgehead atoms. The lowest BCUT2D eigenvalue weighted by molar-refractivity contribution is -0.148. The van der Waals surface area contributed by atoms with E-state index in [2.05, 4.69) is 5.32 Å². The highest BCUT2D eigenvalue weighted by atomic mass is 16.5. The minimum atomic E-state index is -0.434. The number of carbonyl (C=O) groups is 2. The molecule has 0 aromatic heterocycles. The van der Waals surface area contributed by atoms with E-state index >= 15 is 0 Å². The van der Waals surface area contributed by atoms with Crippen molar-refractivity contribution in [3.63, 3.8) is 0 Å². The fraction of sp³-hybridized carbons (Fsp3) is 0.364. The summed E-state index contributed by atoms with van der Waals surface area (Å²) in [6.07, 6.45) is 0.513. The average molecular weight is 368 g/mol. The number of ether oxygens (including phenoxy) is 1. The number of benzene rings is 2. The van der Waals surface area contributed by atoms with Gasteiger partial charge in [-0.05, 0) is 24.5 Å². The molecule has 0 heterocycles. The molecule has 0 aliphatic carbocycles. The number of hydrogen-bond acceptors (Lipinski definition) is 4. The van der Waals surface area contributed by atoms with E-state index in [1.54, 1.807) is 13.8 Å². The zero-order chi connectivity index (χ0) is 19.6. The average Bonchev–Trinajstić information content (AvgIpc) is 2.71. The standard InChI is InChI=1S/C22H28N2O3/c1-3-27-22(26)19(14-17-10-6-4-7-11-17)15-24-21(25)16(2)20(23)18-12-8-5-9-13-18/h4-13,16,19-20H,3,14-15,23H2,1-2H3,(H,24,25). The van der Waals surface area contributed by atoms with Gasteiger partial charge in [0, 0.05) is 12.6 Å². The summed E-state index contributed by atoms with van der Waals surface area (Å²) in [6, 6.07) is 18.8. The molecular formula is C22H28N2O3. The summed E-state index contributed by atoms with van der Waals surface area (Å²) in [5.74, 6) is -1.32. The molecule has 0 saturated heterocycles. The first-order valence-corrected chi connectivity index (χ1v) is 9.31. The fourth-order valence-corrected chi connectivity index (χ4v) is 2.91. The van der Waals surface area contributed by atoms with Crippen molar-refractivity contribution in [1.29, 1.82) is 0 Å². The van der Waals surface area contributed by atoms with E-state index in [0.717, 1.165) is 11.1 Å². The van der Waals surface area contributed by atoms with Gasteiger partial charge in [0.15, 0.2) is 0 Å². The van der Waals surface area contributed by atoms with Gasteiger partial charge in [0.2, 0.25) is 5.91 Å². The Kier molecular flexibility index (Phi) is 8.01. The van der Waals surface area contributed by atoms with Crippen LogP contribution in [0.4, 0.5) is 0 Å². The maximum atomic E-state index is 12.6. The number of carbonyl (C=O) groups excluding carboxylic acids is 2. The van der Waals surface area contributed by atoms with Crippen LogP contribution in [0.25, 0.3) is 0 Å². The van der Waals surface area contributed by atoms with Crippen molar-refractivity contribution >= 4 is 11.9 Å². The van der Waals surface area contributed by atoms with Gasteiger partial charge in [-0.1, -0.05) is 67.6 Å². The van der Waals surface area contributed by atoms with Crippen LogP contribution in [0.2, 0.25) is 0 Å². The van der Waals surface area contributed by atoms with Crippen LogP contribution in [0.5, 0.6) is 0 Å². The summed E-state index contributed by atoms with van der Waals surface area (Å²) in [5, 5.41) is 2.87. The molecule has 144 valence electrons. The Balaban J connectivity index is 1.98. The van der Waals surface area contributed by atoms with Gasteiger partial charge in [0.25, 0.3) is 0 Å². The van der Waals surface area contributed by atoms with Gasteiger partial charge in [-0.25, -0.2) is 0 Å². The number of rotatable bonds is 9. The van der Waals surface area contributed by atoms with Crippen molar-refractivity contribution in [2.45, 2.75) is 26.3 Å². The maximum Gasteiger partial charge on any atom is 0.311 e. The van der Waals surface area contributed by atoms with Gasteiger partial charge < -0.3 is 15.8 Å². The molecule has 3 atom stereocenters. The van der Waals surface area contributed by atoms with Crippen molar-refractivity contribution in [2.75, 3.05) is 13.2 Å². The number of nitrogens with one attached hydrogen (secondary N) is 1. The first-order valence-electron chi connectivity index (χ1n) is 9.31. The molecule has 0 spiro atoms. The highest BCUT2D eigenvalue weighted by Crippen LogP contribution is 2.19. The summed E-state index contributed by atoms with van der Waals surface area (Å²) < 4.78 is 5.17. The zero-order valence-electron chi connectivity index (χ0n) is 15.9. The molecule has 2 aromatic rings. The SMILES string of the molecule is CCOC(=O)C(CNC(=O)C(C)C(N)c1ccccc1)Cc1ccccc1. The first-order chi connectivity index (χ1) is 13.0. The van der Waals surface area contributed by atoms with E-state index in [1.165, 1.54) is 0 Å². The van der Waals surface area contributed by atoms with E-state index < -0.39 is 17.9 Å². The molecule has 5 nitrogen and oxygen atoms in total. The van der Waals surface area contributed by atoms with Crippen LogP contribution in [0.1, 0.15) is 31.0 Å². The summed E-state index contributed by atoms with van der Waals surface area (Å²) >= 11 is 0. The van der Waals surface area contributed by atoms with Crippen LogP contribution < -0.4 is 11.1 Å². The predicted octanol–water partition coefficient (Wildman–Crippen LogP) is 2.86. The Bertz CT molecular complexity index is 719. The Morgan fingerprint density at radius 2 is 1.63 bits per heavy atom. The molecule has 0 fully saturated rings. The third kappa shape index (κ3) is 6.22. The molecule has 0 radical (unpaired) electrons. The second-order valence-corrected chi connectivity index (χ2v) is 6.61. The van der Waals surface area contributed by atoms with E-state index in [4.69, 9.17) is 10.5 Å². The molecule has 0 saturated carbocycles. The van der Waals surface area contributed by atoms with Crippen LogP contribution in [-0.2, 0) is 20.7 Å². The molecule has 5 heteroatoms. The van der Waals surface area contributed by atoms with Crippen molar-refractivity contribution in [3.8, 4) is 0 Å². The summed E-state index contributed by atoms with van der Waals surface area (Å²) in [5.41, 5.74) is 8.16. The summed E-state index contributed by atoms with van der Waals surface area (Å²) in [4.78, 5) is 24.8. The minimum Gasteiger partial charge on any atom is -0.466 e. The lowest BCUT2D eigenvalue weighted by Gasteiger charge is -2.22. The van der Waals surface area contributed by atoms with Crippen LogP contribution in [-0.4, -0.2) is 25.0 Å². The number of amides is 1. The largest absolute Gasteiger partial charge is 0.466 e. The summed E-state index contributed by atoms with van der Waals surface area (Å²) in [6.45, 7) is 4.10. The van der Waals surface area contributed by atoms with Crippen LogP contribution in [0.3, 0.4) is 0 Å². The van der Waals surface area contributed by atoms with Gasteiger partial charge in [-0.2, -0.15) is 0 Å². The van der Waals surface area contributed by atoms with E-state index in [0.29, 0.717) is 13.0 Å². The normalized spacial score (nSPS) is 14.0. The van der Waals surface area contributed by atoms with Gasteiger partial charge >= 0.3 is 5.97 Å². The molecular weight excluding hydrogens is 340 g/mol. The van der Waals surface area contributed by atoms with Gasteiger partial charge in [0.05, 0.1) is 18.4 Å². The molecule has 27 heavy (non-hydrogen) atoms. The molecule has 0 aliphatic heterocycles. The Labute approximate surface area is 160 Å². The Morgan fingerprint density at radius 1 is 1.04 bits per heavy atom. The molecule has 2 aromatic carbocycles. The van der Waals surface area contributed by atoms with Gasteiger partial charge in [-0.3, -0.25) is 9.59 Å². The van der Waals surface area contributed by atoms with Crippen molar-refractivity contribution in [2.24, 2.45) is 17.6 Å². The second kappa shape index (κ2) is 10.5. The molecule has 3 unspecified atom stereocenters. The monoisotopic (exact) mass is 368 g/mol. The number of nitrogens with two attached hydrogens (primary N) is 1. The third-order valence-electron chi connectivity index (χ3n) is 4.60. The number of hydrogen-bond donors (Lipinski definition) is 2. The van der Waals surface area contributed by atoms with Crippen molar-refractivity contribution in [1.82, 2.24) is 5.32 Å². The van der Waals surface area contributed by atoms with Crippen LogP contribution in [0, 0.1) is 11.8 Å². The quantitative estimate of drug-likeness (QED) is 0.667. The smallest absolute Gasteiger partial charge is 0.311 e.